The van der Waals surface area contributed by atoms with Gasteiger partial charge in [-0.1, -0.05) is 6.07 Å². The molecule has 1 aliphatic rings. The summed E-state index contributed by atoms with van der Waals surface area (Å²) in [5.41, 5.74) is 1.20. The van der Waals surface area contributed by atoms with Crippen molar-refractivity contribution in [3.05, 3.63) is 58.1 Å². The average Bonchev–Trinajstić information content (AvgIpc) is 2.67. The van der Waals surface area contributed by atoms with Gasteiger partial charge in [0.2, 0.25) is 0 Å². The number of thiocarbonyl (C=S) groups is 1. The number of benzene rings is 2. The van der Waals surface area contributed by atoms with E-state index in [9.17, 15) is 9.59 Å². The zero-order valence-electron chi connectivity index (χ0n) is 15.2. The quantitative estimate of drug-likeness (QED) is 0.418. The molecule has 2 aromatic rings. The van der Waals surface area contributed by atoms with E-state index in [-0.39, 0.29) is 10.7 Å². The molecule has 0 aliphatic carbocycles. The predicted octanol–water partition coefficient (Wildman–Crippen LogP) is 3.69. The van der Waals surface area contributed by atoms with E-state index in [1.54, 1.807) is 49.6 Å². The molecule has 2 amide bonds. The van der Waals surface area contributed by atoms with Gasteiger partial charge in [0.25, 0.3) is 11.8 Å². The van der Waals surface area contributed by atoms with E-state index in [2.05, 4.69) is 21.2 Å². The van der Waals surface area contributed by atoms with E-state index >= 15 is 0 Å². The third-order valence-corrected chi connectivity index (χ3v) is 4.90. The summed E-state index contributed by atoms with van der Waals surface area (Å²) in [6, 6.07) is 12.2. The molecule has 1 fully saturated rings. The van der Waals surface area contributed by atoms with Crippen molar-refractivity contribution in [1.29, 1.82) is 0 Å². The van der Waals surface area contributed by atoms with Gasteiger partial charge in [0.05, 0.1) is 23.9 Å². The highest BCUT2D eigenvalue weighted by atomic mass is 79.9. The van der Waals surface area contributed by atoms with E-state index in [1.165, 1.54) is 11.0 Å². The molecule has 1 N–H and O–H groups in total. The van der Waals surface area contributed by atoms with Crippen LogP contribution in [0.3, 0.4) is 0 Å². The minimum Gasteiger partial charge on any atom is -0.496 e. The van der Waals surface area contributed by atoms with Crippen LogP contribution in [0.15, 0.2) is 52.5 Å². The van der Waals surface area contributed by atoms with E-state index in [1.807, 2.05) is 6.92 Å². The monoisotopic (exact) mass is 460 g/mol. The Labute approximate surface area is 176 Å². The summed E-state index contributed by atoms with van der Waals surface area (Å²) in [6.07, 6.45) is 1.52. The normalized spacial score (nSPS) is 15.6. The number of carbonyl (C=O) groups is 2. The third kappa shape index (κ3) is 4.07. The van der Waals surface area contributed by atoms with E-state index in [0.29, 0.717) is 33.8 Å². The Balaban J connectivity index is 1.94. The number of nitrogens with one attached hydrogen (secondary N) is 1. The lowest BCUT2D eigenvalue weighted by Crippen LogP contribution is -2.54. The summed E-state index contributed by atoms with van der Waals surface area (Å²) in [6.45, 7) is 2.43. The van der Waals surface area contributed by atoms with Gasteiger partial charge in [0.1, 0.15) is 17.1 Å². The standard InChI is InChI=1S/C20H17BrN2O4S/c1-3-27-14-7-5-13(6-8-14)23-19(25)15(18(24)22-20(23)28)10-12-4-9-17(26-2)16(21)11-12/h4-11H,3H2,1-2H3,(H,22,24,28)/b15-10-. The largest absolute Gasteiger partial charge is 0.496 e. The highest BCUT2D eigenvalue weighted by Gasteiger charge is 2.34. The Morgan fingerprint density at radius 1 is 1.18 bits per heavy atom. The van der Waals surface area contributed by atoms with Crippen LogP contribution in [-0.4, -0.2) is 30.6 Å². The molecule has 0 radical (unpaired) electrons. The number of nitrogens with zero attached hydrogens (tertiary/aromatic N) is 1. The second-order valence-electron chi connectivity index (χ2n) is 5.78. The van der Waals surface area contributed by atoms with E-state index in [4.69, 9.17) is 21.7 Å². The summed E-state index contributed by atoms with van der Waals surface area (Å²) in [7, 11) is 1.56. The number of hydrogen-bond acceptors (Lipinski definition) is 5. The average molecular weight is 461 g/mol. The topological polar surface area (TPSA) is 67.9 Å². The van der Waals surface area contributed by atoms with Crippen molar-refractivity contribution in [2.45, 2.75) is 6.92 Å². The fourth-order valence-electron chi connectivity index (χ4n) is 2.69. The highest BCUT2D eigenvalue weighted by Crippen LogP contribution is 2.28. The predicted molar refractivity (Wildman–Crippen MR) is 115 cm³/mol. The lowest BCUT2D eigenvalue weighted by Gasteiger charge is -2.29. The maximum absolute atomic E-state index is 13.0. The van der Waals surface area contributed by atoms with Crippen molar-refractivity contribution >= 4 is 56.8 Å². The molecule has 0 aromatic heterocycles. The fourth-order valence-corrected chi connectivity index (χ4v) is 3.53. The molecule has 0 spiro atoms. The number of rotatable bonds is 5. The number of methoxy groups -OCH3 is 1. The van der Waals surface area contributed by atoms with Crippen LogP contribution in [-0.2, 0) is 9.59 Å². The molecule has 1 aliphatic heterocycles. The molecule has 8 heteroatoms. The SMILES string of the molecule is CCOc1ccc(N2C(=O)/C(=C\c3ccc(OC)c(Br)c3)C(=O)NC2=S)cc1. The Morgan fingerprint density at radius 2 is 1.89 bits per heavy atom. The van der Waals surface area contributed by atoms with Crippen LogP contribution in [0.2, 0.25) is 0 Å². The number of carbonyl (C=O) groups excluding carboxylic acids is 2. The minimum absolute atomic E-state index is 0.0143. The molecular formula is C20H17BrN2O4S. The Hall–Kier alpha value is -2.71. The summed E-state index contributed by atoms with van der Waals surface area (Å²) < 4.78 is 11.3. The maximum atomic E-state index is 13.0. The van der Waals surface area contributed by atoms with Gasteiger partial charge < -0.3 is 9.47 Å². The summed E-state index contributed by atoms with van der Waals surface area (Å²) in [5, 5.41) is 2.60. The van der Waals surface area contributed by atoms with Gasteiger partial charge in [0.15, 0.2) is 5.11 Å². The van der Waals surface area contributed by atoms with Crippen LogP contribution in [0.4, 0.5) is 5.69 Å². The molecule has 0 unspecified atom stereocenters. The third-order valence-electron chi connectivity index (χ3n) is 3.99. The summed E-state index contributed by atoms with van der Waals surface area (Å²) >= 11 is 8.61. The fraction of sp³-hybridized carbons (Fsp3) is 0.150. The summed E-state index contributed by atoms with van der Waals surface area (Å²) in [5.74, 6) is 0.303. The molecule has 0 atom stereocenters. The lowest BCUT2D eigenvalue weighted by atomic mass is 10.1. The van der Waals surface area contributed by atoms with Gasteiger partial charge in [-0.3, -0.25) is 19.8 Å². The molecule has 144 valence electrons. The van der Waals surface area contributed by atoms with Crippen LogP contribution < -0.4 is 19.7 Å². The first kappa shape index (κ1) is 20.0. The van der Waals surface area contributed by atoms with Crippen molar-refractivity contribution < 1.29 is 19.1 Å². The molecule has 1 saturated heterocycles. The van der Waals surface area contributed by atoms with Gasteiger partial charge >= 0.3 is 0 Å². The summed E-state index contributed by atoms with van der Waals surface area (Å²) in [4.78, 5) is 26.7. The molecule has 2 aromatic carbocycles. The maximum Gasteiger partial charge on any atom is 0.270 e. The minimum atomic E-state index is -0.538. The Bertz CT molecular complexity index is 973. The number of anilines is 1. The van der Waals surface area contributed by atoms with Gasteiger partial charge in [-0.05, 0) is 83.1 Å². The molecular weight excluding hydrogens is 444 g/mol. The first-order valence-corrected chi connectivity index (χ1v) is 9.62. The molecule has 1 heterocycles. The zero-order chi connectivity index (χ0) is 20.3. The second kappa shape index (κ2) is 8.53. The van der Waals surface area contributed by atoms with Crippen molar-refractivity contribution in [3.63, 3.8) is 0 Å². The van der Waals surface area contributed by atoms with Crippen LogP contribution in [0.5, 0.6) is 11.5 Å². The van der Waals surface area contributed by atoms with Crippen LogP contribution >= 0.6 is 28.1 Å². The van der Waals surface area contributed by atoms with Crippen LogP contribution in [0.1, 0.15) is 12.5 Å². The van der Waals surface area contributed by atoms with Crippen LogP contribution in [0.25, 0.3) is 6.08 Å². The number of ether oxygens (including phenoxy) is 2. The van der Waals surface area contributed by atoms with Gasteiger partial charge in [-0.2, -0.15) is 0 Å². The van der Waals surface area contributed by atoms with E-state index in [0.717, 1.165) is 0 Å². The second-order valence-corrected chi connectivity index (χ2v) is 7.02. The Morgan fingerprint density at radius 3 is 2.50 bits per heavy atom. The molecule has 3 rings (SSSR count). The molecule has 6 nitrogen and oxygen atoms in total. The van der Waals surface area contributed by atoms with Gasteiger partial charge in [-0.15, -0.1) is 0 Å². The van der Waals surface area contributed by atoms with Crippen molar-refractivity contribution in [2.24, 2.45) is 0 Å². The van der Waals surface area contributed by atoms with Gasteiger partial charge in [-0.25, -0.2) is 0 Å². The lowest BCUT2D eigenvalue weighted by molar-refractivity contribution is -0.122. The van der Waals surface area contributed by atoms with E-state index < -0.39 is 11.8 Å². The first-order valence-electron chi connectivity index (χ1n) is 8.42. The van der Waals surface area contributed by atoms with Crippen LogP contribution in [0, 0.1) is 0 Å². The molecule has 0 bridgehead atoms. The molecule has 28 heavy (non-hydrogen) atoms. The number of hydrogen-bond donors (Lipinski definition) is 1. The first-order chi connectivity index (χ1) is 13.4. The number of halogens is 1. The smallest absolute Gasteiger partial charge is 0.270 e. The van der Waals surface area contributed by atoms with Crippen molar-refractivity contribution in [1.82, 2.24) is 5.32 Å². The van der Waals surface area contributed by atoms with Crippen molar-refractivity contribution in [2.75, 3.05) is 18.6 Å². The zero-order valence-corrected chi connectivity index (χ0v) is 17.6. The van der Waals surface area contributed by atoms with Gasteiger partial charge in [0, 0.05) is 0 Å². The Kier molecular flexibility index (Phi) is 6.11. The van der Waals surface area contributed by atoms with Crippen molar-refractivity contribution in [3.8, 4) is 11.5 Å². The highest BCUT2D eigenvalue weighted by molar-refractivity contribution is 9.10. The molecule has 0 saturated carbocycles. The number of amides is 2.